The van der Waals surface area contributed by atoms with Crippen LogP contribution in [0.3, 0.4) is 0 Å². The number of aliphatic imine (C=N–C) groups is 1. The molecule has 1 aliphatic heterocycles. The zero-order valence-electron chi connectivity index (χ0n) is 20.7. The van der Waals surface area contributed by atoms with Gasteiger partial charge in [0, 0.05) is 24.2 Å². The van der Waals surface area contributed by atoms with Crippen LogP contribution in [0.25, 0.3) is 10.4 Å². The first-order valence-corrected chi connectivity index (χ1v) is 12.5. The molecule has 0 radical (unpaired) electrons. The van der Waals surface area contributed by atoms with E-state index < -0.39 is 0 Å². The maximum Gasteiger partial charge on any atom is 0.293 e. The van der Waals surface area contributed by atoms with Crippen LogP contribution in [0.4, 0.5) is 5.69 Å². The number of amides is 1. The molecule has 6 nitrogen and oxygen atoms in total. The topological polar surface area (TPSA) is 58.3 Å². The first-order valence-electron chi connectivity index (χ1n) is 12.5. The lowest BCUT2D eigenvalue weighted by Gasteiger charge is -2.33. The molecule has 1 saturated carbocycles. The van der Waals surface area contributed by atoms with Crippen LogP contribution in [0.2, 0.25) is 0 Å². The van der Waals surface area contributed by atoms with Gasteiger partial charge in [0.15, 0.2) is 5.71 Å². The smallest absolute Gasteiger partial charge is 0.293 e. The molecule has 0 bridgehead atoms. The zero-order chi connectivity index (χ0) is 24.1. The van der Waals surface area contributed by atoms with Gasteiger partial charge in [-0.3, -0.25) is 4.79 Å². The fraction of sp³-hybridized carbons (Fsp3) is 0.536. The summed E-state index contributed by atoms with van der Waals surface area (Å²) in [6, 6.07) is 6.22. The van der Waals surface area contributed by atoms with Crippen molar-refractivity contribution >= 4 is 22.9 Å². The van der Waals surface area contributed by atoms with E-state index in [4.69, 9.17) is 11.3 Å². The van der Waals surface area contributed by atoms with Crippen LogP contribution in [-0.2, 0) is 9.53 Å². The Balaban J connectivity index is 1.57. The summed E-state index contributed by atoms with van der Waals surface area (Å²) in [5, 5.41) is 3.09. The summed E-state index contributed by atoms with van der Waals surface area (Å²) < 4.78 is 6.08. The van der Waals surface area contributed by atoms with Crippen molar-refractivity contribution < 1.29 is 9.53 Å². The molecule has 180 valence electrons. The lowest BCUT2D eigenvalue weighted by Crippen LogP contribution is -2.23. The number of carbonyl (C=O) groups is 1. The molecule has 0 aromatic heterocycles. The number of likely N-dealkylation sites (N-methyl/N-ethyl adjacent to an activating group) is 1. The average molecular weight is 461 g/mol. The number of carbonyl (C=O) groups excluding carboxylic acids is 1. The summed E-state index contributed by atoms with van der Waals surface area (Å²) in [4.78, 5) is 22.5. The molecule has 2 aliphatic carbocycles. The van der Waals surface area contributed by atoms with Crippen LogP contribution in [-0.4, -0.2) is 43.8 Å². The van der Waals surface area contributed by atoms with Crippen molar-refractivity contribution in [3.05, 3.63) is 58.7 Å². The highest BCUT2D eigenvalue weighted by molar-refractivity contribution is 6.44. The fourth-order valence-corrected chi connectivity index (χ4v) is 5.29. The van der Waals surface area contributed by atoms with E-state index in [-0.39, 0.29) is 12.0 Å². The number of ether oxygens (including phenoxy) is 1. The Morgan fingerprint density at radius 1 is 1.26 bits per heavy atom. The summed E-state index contributed by atoms with van der Waals surface area (Å²) in [5.41, 5.74) is 5.20. The molecule has 1 spiro atoms. The predicted molar refractivity (Wildman–Crippen MR) is 137 cm³/mol. The van der Waals surface area contributed by atoms with E-state index in [1.165, 1.54) is 37.7 Å². The monoisotopic (exact) mass is 460 g/mol. The summed E-state index contributed by atoms with van der Waals surface area (Å²) in [6.07, 6.45) is 13.2. The van der Waals surface area contributed by atoms with Gasteiger partial charge in [-0.1, -0.05) is 37.6 Å². The normalized spacial score (nSPS) is 20.0. The van der Waals surface area contributed by atoms with Crippen LogP contribution in [0, 0.1) is 12.0 Å². The summed E-state index contributed by atoms with van der Waals surface area (Å²) in [7, 11) is 4.09. The minimum absolute atomic E-state index is 0.0292. The van der Waals surface area contributed by atoms with Crippen molar-refractivity contribution in [2.75, 3.05) is 32.6 Å². The van der Waals surface area contributed by atoms with Gasteiger partial charge in [0.05, 0.1) is 12.7 Å². The minimum atomic E-state index is -0.233. The minimum Gasteiger partial charge on any atom is -0.372 e. The number of allylic oxidation sites excluding steroid dienone is 3. The number of hydrogen-bond acceptors (Lipinski definition) is 4. The summed E-state index contributed by atoms with van der Waals surface area (Å²) >= 11 is 0. The molecule has 1 fully saturated rings. The van der Waals surface area contributed by atoms with Crippen LogP contribution >= 0.6 is 0 Å². The number of hydrogen-bond donors (Lipinski definition) is 1. The molecule has 6 heteroatoms. The maximum absolute atomic E-state index is 12.9. The molecule has 3 aliphatic rings. The highest BCUT2D eigenvalue weighted by atomic mass is 16.5. The van der Waals surface area contributed by atoms with Crippen LogP contribution in [0.15, 0.2) is 41.2 Å². The van der Waals surface area contributed by atoms with Crippen molar-refractivity contribution in [2.24, 2.45) is 10.4 Å². The number of nitrogens with zero attached hydrogens (tertiary/aromatic N) is 3. The highest BCUT2D eigenvalue weighted by Crippen LogP contribution is 2.50. The van der Waals surface area contributed by atoms with Gasteiger partial charge < -0.3 is 19.8 Å². The third-order valence-corrected chi connectivity index (χ3v) is 7.49. The molecular weight excluding hydrogens is 424 g/mol. The second-order valence-electron chi connectivity index (χ2n) is 10.2. The standard InChI is InChI=1S/C28H36N4O2/c1-20(34-18-17-32(3)4)22-7-8-24(31-27(33)25-9-10-26(29-2)30-25)23(19-22)21-11-15-28(16-12-21)13-5-6-14-28/h7-8,10-11,19-20H,5-6,9,12-18H2,1,3-4H3,(H,31,33). The van der Waals surface area contributed by atoms with Gasteiger partial charge in [0.2, 0.25) is 0 Å². The maximum atomic E-state index is 12.9. The van der Waals surface area contributed by atoms with E-state index in [9.17, 15) is 4.79 Å². The quantitative estimate of drug-likeness (QED) is 0.484. The predicted octanol–water partition coefficient (Wildman–Crippen LogP) is 6.00. The zero-order valence-corrected chi connectivity index (χ0v) is 20.7. The highest BCUT2D eigenvalue weighted by Gasteiger charge is 2.35. The van der Waals surface area contributed by atoms with E-state index in [0.29, 0.717) is 30.0 Å². The Morgan fingerprint density at radius 2 is 2.06 bits per heavy atom. The van der Waals surface area contributed by atoms with Gasteiger partial charge in [-0.25, -0.2) is 0 Å². The first kappa shape index (κ1) is 24.4. The number of nitrogens with one attached hydrogen (secondary N) is 1. The fourth-order valence-electron chi connectivity index (χ4n) is 5.29. The van der Waals surface area contributed by atoms with Crippen molar-refractivity contribution in [1.29, 1.82) is 0 Å². The van der Waals surface area contributed by atoms with Crippen LogP contribution < -0.4 is 5.32 Å². The molecule has 1 aromatic rings. The van der Waals surface area contributed by atoms with Crippen LogP contribution in [0.1, 0.15) is 75.5 Å². The molecule has 1 unspecified atom stereocenters. The number of anilines is 1. The molecule has 0 saturated heterocycles. The number of rotatable bonds is 8. The lowest BCUT2D eigenvalue weighted by atomic mass is 9.72. The van der Waals surface area contributed by atoms with Crippen molar-refractivity contribution in [3.8, 4) is 0 Å². The molecule has 1 N–H and O–H groups in total. The van der Waals surface area contributed by atoms with E-state index >= 15 is 0 Å². The average Bonchev–Trinajstić information content (AvgIpc) is 3.50. The molecule has 1 atom stereocenters. The Kier molecular flexibility index (Phi) is 7.65. The second kappa shape index (κ2) is 10.7. The number of benzene rings is 1. The summed E-state index contributed by atoms with van der Waals surface area (Å²) in [5.74, 6) is 0.0594. The van der Waals surface area contributed by atoms with Gasteiger partial charge in [-0.15, -0.1) is 4.99 Å². The Labute approximate surface area is 203 Å². The third kappa shape index (κ3) is 5.65. The Hall–Kier alpha value is -2.75. The Bertz CT molecular complexity index is 1050. The molecule has 1 amide bonds. The van der Waals surface area contributed by atoms with E-state index in [1.54, 1.807) is 6.08 Å². The SMILES string of the molecule is [C-]#[N+]C1=CCC(C(=O)Nc2ccc(C(C)OCCN(C)C)cc2C2=CCC3(CCCC3)CC2)=N1. The third-order valence-electron chi connectivity index (χ3n) is 7.49. The van der Waals surface area contributed by atoms with Gasteiger partial charge >= 0.3 is 0 Å². The van der Waals surface area contributed by atoms with Gasteiger partial charge in [-0.05, 0) is 81.8 Å². The summed E-state index contributed by atoms with van der Waals surface area (Å²) in [6.45, 7) is 10.7. The van der Waals surface area contributed by atoms with Crippen molar-refractivity contribution in [1.82, 2.24) is 4.90 Å². The van der Waals surface area contributed by atoms with E-state index in [2.05, 4.69) is 39.1 Å². The van der Waals surface area contributed by atoms with Crippen molar-refractivity contribution in [2.45, 2.75) is 64.4 Å². The van der Waals surface area contributed by atoms with E-state index in [0.717, 1.165) is 36.2 Å². The molecule has 34 heavy (non-hydrogen) atoms. The van der Waals surface area contributed by atoms with Crippen LogP contribution in [0.5, 0.6) is 0 Å². The molecule has 4 rings (SSSR count). The Morgan fingerprint density at radius 3 is 2.71 bits per heavy atom. The van der Waals surface area contributed by atoms with Gasteiger partial charge in [0.25, 0.3) is 11.7 Å². The second-order valence-corrected chi connectivity index (χ2v) is 10.2. The molecular formula is C28H36N4O2. The molecule has 1 aromatic carbocycles. The van der Waals surface area contributed by atoms with Crippen molar-refractivity contribution in [3.63, 3.8) is 0 Å². The first-order chi connectivity index (χ1) is 16.4. The van der Waals surface area contributed by atoms with Gasteiger partial charge in [0.1, 0.15) is 0 Å². The lowest BCUT2D eigenvalue weighted by molar-refractivity contribution is -0.110. The largest absolute Gasteiger partial charge is 0.372 e. The van der Waals surface area contributed by atoms with Gasteiger partial charge in [-0.2, -0.15) is 0 Å². The molecule has 1 heterocycles. The van der Waals surface area contributed by atoms with E-state index in [1.807, 2.05) is 26.2 Å².